The first-order valence-corrected chi connectivity index (χ1v) is 6.57. The van der Waals surface area contributed by atoms with Gasteiger partial charge in [0.25, 0.3) is 0 Å². The van der Waals surface area contributed by atoms with E-state index in [1.54, 1.807) is 6.92 Å². The number of rotatable bonds is 3. The zero-order chi connectivity index (χ0) is 13.4. The first-order chi connectivity index (χ1) is 8.43. The normalized spacial score (nSPS) is 14.9. The van der Waals surface area contributed by atoms with E-state index in [1.165, 1.54) is 0 Å². The molecule has 4 nitrogen and oxygen atoms in total. The maximum absolute atomic E-state index is 11.2. The van der Waals surface area contributed by atoms with Crippen LogP contribution in [0.5, 0.6) is 11.5 Å². The molecule has 0 saturated carbocycles. The van der Waals surface area contributed by atoms with Gasteiger partial charge >= 0.3 is 5.97 Å². The quantitative estimate of drug-likeness (QED) is 0.927. The van der Waals surface area contributed by atoms with Crippen LogP contribution in [0.4, 0.5) is 0 Å². The average molecular weight is 315 g/mol. The fourth-order valence-corrected chi connectivity index (χ4v) is 2.69. The molecule has 1 aliphatic heterocycles. The van der Waals surface area contributed by atoms with Crippen molar-refractivity contribution in [2.24, 2.45) is 0 Å². The SMILES string of the molecule is CC(C)c1c(C(C)C(=O)O)cc(Br)c2c1OCO2. The summed E-state index contributed by atoms with van der Waals surface area (Å²) in [6.07, 6.45) is 0. The van der Waals surface area contributed by atoms with Crippen molar-refractivity contribution in [3.63, 3.8) is 0 Å². The lowest BCUT2D eigenvalue weighted by molar-refractivity contribution is -0.138. The highest BCUT2D eigenvalue weighted by Gasteiger charge is 2.29. The van der Waals surface area contributed by atoms with Crippen LogP contribution in [0, 0.1) is 0 Å². The van der Waals surface area contributed by atoms with Gasteiger partial charge in [0.15, 0.2) is 11.5 Å². The van der Waals surface area contributed by atoms with Gasteiger partial charge in [0.05, 0.1) is 10.4 Å². The minimum absolute atomic E-state index is 0.172. The van der Waals surface area contributed by atoms with Gasteiger partial charge in [0, 0.05) is 5.56 Å². The maximum atomic E-state index is 11.2. The van der Waals surface area contributed by atoms with Gasteiger partial charge in [-0.2, -0.15) is 0 Å². The average Bonchev–Trinajstić information content (AvgIpc) is 2.76. The van der Waals surface area contributed by atoms with Crippen molar-refractivity contribution < 1.29 is 19.4 Å². The Labute approximate surface area is 114 Å². The zero-order valence-corrected chi connectivity index (χ0v) is 12.1. The molecule has 1 aromatic carbocycles. The zero-order valence-electron chi connectivity index (χ0n) is 10.5. The molecular formula is C13H15BrO4. The van der Waals surface area contributed by atoms with E-state index in [4.69, 9.17) is 9.47 Å². The molecular weight excluding hydrogens is 300 g/mol. The van der Waals surface area contributed by atoms with Crippen molar-refractivity contribution in [3.8, 4) is 11.5 Å². The van der Waals surface area contributed by atoms with Gasteiger partial charge in [-0.15, -0.1) is 0 Å². The van der Waals surface area contributed by atoms with E-state index in [1.807, 2.05) is 19.9 Å². The Morgan fingerprint density at radius 2 is 1.94 bits per heavy atom. The largest absolute Gasteiger partial charge is 0.481 e. The van der Waals surface area contributed by atoms with Crippen LogP contribution >= 0.6 is 15.9 Å². The summed E-state index contributed by atoms with van der Waals surface area (Å²) in [5.41, 5.74) is 1.69. The van der Waals surface area contributed by atoms with Crippen LogP contribution in [0.25, 0.3) is 0 Å². The van der Waals surface area contributed by atoms with Crippen LogP contribution < -0.4 is 9.47 Å². The molecule has 0 saturated heterocycles. The minimum Gasteiger partial charge on any atom is -0.481 e. The van der Waals surface area contributed by atoms with Gasteiger partial charge in [-0.1, -0.05) is 13.8 Å². The molecule has 0 radical (unpaired) electrons. The van der Waals surface area contributed by atoms with Crippen LogP contribution in [-0.4, -0.2) is 17.9 Å². The summed E-state index contributed by atoms with van der Waals surface area (Å²) in [6, 6.07) is 1.82. The molecule has 0 fully saturated rings. The number of benzene rings is 1. The molecule has 2 rings (SSSR count). The van der Waals surface area contributed by atoms with Gasteiger partial charge in [-0.05, 0) is 40.4 Å². The third kappa shape index (κ3) is 2.07. The van der Waals surface area contributed by atoms with Gasteiger partial charge in [0.1, 0.15) is 0 Å². The molecule has 1 N–H and O–H groups in total. The van der Waals surface area contributed by atoms with E-state index in [9.17, 15) is 9.90 Å². The number of halogens is 1. The highest BCUT2D eigenvalue weighted by molar-refractivity contribution is 9.10. The van der Waals surface area contributed by atoms with E-state index >= 15 is 0 Å². The first-order valence-electron chi connectivity index (χ1n) is 5.78. The van der Waals surface area contributed by atoms with Crippen LogP contribution in [0.15, 0.2) is 10.5 Å². The Hall–Kier alpha value is -1.23. The Bertz CT molecular complexity index is 496. The molecule has 18 heavy (non-hydrogen) atoms. The predicted octanol–water partition coefficient (Wildman–Crippen LogP) is 3.49. The van der Waals surface area contributed by atoms with Crippen molar-refractivity contribution >= 4 is 21.9 Å². The van der Waals surface area contributed by atoms with Crippen LogP contribution in [0.1, 0.15) is 43.7 Å². The second kappa shape index (κ2) is 4.80. The number of aliphatic carboxylic acids is 1. The monoisotopic (exact) mass is 314 g/mol. The fourth-order valence-electron chi connectivity index (χ4n) is 2.15. The highest BCUT2D eigenvalue weighted by Crippen LogP contribution is 2.47. The number of carboxylic acids is 1. The van der Waals surface area contributed by atoms with Gasteiger partial charge in [0.2, 0.25) is 6.79 Å². The molecule has 1 heterocycles. The van der Waals surface area contributed by atoms with Crippen molar-refractivity contribution in [1.82, 2.24) is 0 Å². The second-order valence-corrected chi connectivity index (χ2v) is 5.50. The molecule has 5 heteroatoms. The summed E-state index contributed by atoms with van der Waals surface area (Å²) in [4.78, 5) is 11.2. The lowest BCUT2D eigenvalue weighted by atomic mass is 9.88. The van der Waals surface area contributed by atoms with Crippen LogP contribution in [0.3, 0.4) is 0 Å². The second-order valence-electron chi connectivity index (χ2n) is 4.64. The van der Waals surface area contributed by atoms with E-state index in [0.29, 0.717) is 11.5 Å². The molecule has 0 amide bonds. The van der Waals surface area contributed by atoms with Crippen molar-refractivity contribution in [3.05, 3.63) is 21.7 Å². The molecule has 98 valence electrons. The molecule has 0 bridgehead atoms. The Kier molecular flexibility index (Phi) is 3.52. The van der Waals surface area contributed by atoms with Gasteiger partial charge in [-0.3, -0.25) is 4.79 Å². The first kappa shape index (κ1) is 13.2. The standard InChI is InChI=1S/C13H15BrO4/c1-6(2)10-8(7(3)13(15)16)4-9(14)11-12(10)18-5-17-11/h4,6-7H,5H2,1-3H3,(H,15,16). The van der Waals surface area contributed by atoms with Crippen LogP contribution in [-0.2, 0) is 4.79 Å². The number of carboxylic acid groups (broad SMARTS) is 1. The Morgan fingerprint density at radius 3 is 2.50 bits per heavy atom. The molecule has 0 aliphatic carbocycles. The lowest BCUT2D eigenvalue weighted by Crippen LogP contribution is -2.11. The summed E-state index contributed by atoms with van der Waals surface area (Å²) in [5, 5.41) is 9.19. The van der Waals surface area contributed by atoms with E-state index in [0.717, 1.165) is 15.6 Å². The van der Waals surface area contributed by atoms with Gasteiger partial charge in [-0.25, -0.2) is 0 Å². The summed E-state index contributed by atoms with van der Waals surface area (Å²) in [6.45, 7) is 5.89. The predicted molar refractivity (Wildman–Crippen MR) is 70.4 cm³/mol. The number of fused-ring (bicyclic) bond motifs is 1. The number of hydrogen-bond acceptors (Lipinski definition) is 3. The summed E-state index contributed by atoms with van der Waals surface area (Å²) >= 11 is 3.40. The highest BCUT2D eigenvalue weighted by atomic mass is 79.9. The van der Waals surface area contributed by atoms with Crippen molar-refractivity contribution in [1.29, 1.82) is 0 Å². The maximum Gasteiger partial charge on any atom is 0.310 e. The molecule has 0 aromatic heterocycles. The lowest BCUT2D eigenvalue weighted by Gasteiger charge is -2.19. The molecule has 1 unspecified atom stereocenters. The summed E-state index contributed by atoms with van der Waals surface area (Å²) in [5.74, 6) is 0.0868. The number of carbonyl (C=O) groups is 1. The van der Waals surface area contributed by atoms with Gasteiger partial charge < -0.3 is 14.6 Å². The molecule has 1 atom stereocenters. The molecule has 1 aliphatic rings. The van der Waals surface area contributed by atoms with E-state index in [2.05, 4.69) is 15.9 Å². The van der Waals surface area contributed by atoms with Crippen molar-refractivity contribution in [2.45, 2.75) is 32.6 Å². The summed E-state index contributed by atoms with van der Waals surface area (Å²) in [7, 11) is 0. The third-order valence-electron chi connectivity index (χ3n) is 3.08. The number of hydrogen-bond donors (Lipinski definition) is 1. The summed E-state index contributed by atoms with van der Waals surface area (Å²) < 4.78 is 11.6. The Balaban J connectivity index is 2.66. The molecule has 0 spiro atoms. The fraction of sp³-hybridized carbons (Fsp3) is 0.462. The third-order valence-corrected chi connectivity index (χ3v) is 3.67. The van der Waals surface area contributed by atoms with E-state index in [-0.39, 0.29) is 12.7 Å². The topological polar surface area (TPSA) is 55.8 Å². The Morgan fingerprint density at radius 1 is 1.33 bits per heavy atom. The minimum atomic E-state index is -0.845. The number of ether oxygens (including phenoxy) is 2. The smallest absolute Gasteiger partial charge is 0.310 e. The van der Waals surface area contributed by atoms with Crippen LogP contribution in [0.2, 0.25) is 0 Å². The van der Waals surface area contributed by atoms with Crippen molar-refractivity contribution in [2.75, 3.05) is 6.79 Å². The molecule has 1 aromatic rings. The van der Waals surface area contributed by atoms with E-state index < -0.39 is 11.9 Å².